The first-order valence-corrected chi connectivity index (χ1v) is 7.18. The fourth-order valence-electron chi connectivity index (χ4n) is 2.40. The maximum atomic E-state index is 6.13. The van der Waals surface area contributed by atoms with E-state index < -0.39 is 0 Å². The van der Waals surface area contributed by atoms with Crippen molar-refractivity contribution in [3.8, 4) is 11.1 Å². The van der Waals surface area contributed by atoms with Crippen molar-refractivity contribution in [3.05, 3.63) is 40.7 Å². The molecule has 0 saturated carbocycles. The molecular formula is C16H22ClN3. The predicted molar refractivity (Wildman–Crippen MR) is 85.1 cm³/mol. The molecule has 2 rings (SSSR count). The minimum Gasteiger partial charge on any atom is -0.316 e. The normalized spacial score (nSPS) is 11.9. The molecule has 1 aromatic heterocycles. The van der Waals surface area contributed by atoms with E-state index in [1.807, 2.05) is 30.9 Å². The Morgan fingerprint density at radius 3 is 2.55 bits per heavy atom. The summed E-state index contributed by atoms with van der Waals surface area (Å²) in [5.41, 5.74) is 4.69. The van der Waals surface area contributed by atoms with Crippen molar-refractivity contribution in [1.29, 1.82) is 0 Å². The van der Waals surface area contributed by atoms with Crippen LogP contribution in [0.4, 0.5) is 0 Å². The lowest BCUT2D eigenvalue weighted by molar-refractivity contribution is 0.554. The lowest BCUT2D eigenvalue weighted by atomic mass is 9.86. The van der Waals surface area contributed by atoms with Crippen LogP contribution in [0, 0.1) is 0 Å². The second-order valence-corrected chi connectivity index (χ2v) is 6.58. The van der Waals surface area contributed by atoms with E-state index >= 15 is 0 Å². The number of nitrogens with one attached hydrogen (secondary N) is 1. The van der Waals surface area contributed by atoms with Gasteiger partial charge in [0.2, 0.25) is 0 Å². The van der Waals surface area contributed by atoms with Gasteiger partial charge in [-0.2, -0.15) is 5.10 Å². The molecule has 4 heteroatoms. The van der Waals surface area contributed by atoms with Crippen molar-refractivity contribution >= 4 is 11.6 Å². The zero-order valence-electron chi connectivity index (χ0n) is 12.8. The Hall–Kier alpha value is -1.32. The molecule has 0 unspecified atom stereocenters. The van der Waals surface area contributed by atoms with Crippen LogP contribution in [0.5, 0.6) is 0 Å². The van der Waals surface area contributed by atoms with Gasteiger partial charge in [-0.3, -0.25) is 4.68 Å². The Bertz CT molecular complexity index is 609. The Kier molecular flexibility index (Phi) is 4.21. The van der Waals surface area contributed by atoms with Gasteiger partial charge in [0.25, 0.3) is 0 Å². The van der Waals surface area contributed by atoms with Crippen LogP contribution < -0.4 is 5.32 Å². The predicted octanol–water partition coefficient (Wildman–Crippen LogP) is 3.76. The topological polar surface area (TPSA) is 29.9 Å². The van der Waals surface area contributed by atoms with E-state index in [0.717, 1.165) is 17.3 Å². The maximum absolute atomic E-state index is 6.13. The van der Waals surface area contributed by atoms with Crippen molar-refractivity contribution in [3.63, 3.8) is 0 Å². The molecule has 0 saturated heterocycles. The average molecular weight is 292 g/mol. The van der Waals surface area contributed by atoms with Crippen LogP contribution in [0.1, 0.15) is 32.0 Å². The quantitative estimate of drug-likeness (QED) is 0.933. The van der Waals surface area contributed by atoms with Gasteiger partial charge in [-0.15, -0.1) is 0 Å². The summed E-state index contributed by atoms with van der Waals surface area (Å²) in [7, 11) is 3.91. The summed E-state index contributed by atoms with van der Waals surface area (Å²) in [5, 5.41) is 8.61. The van der Waals surface area contributed by atoms with E-state index in [2.05, 4.69) is 43.4 Å². The smallest absolute Gasteiger partial charge is 0.0756 e. The molecule has 108 valence electrons. The lowest BCUT2D eigenvalue weighted by Gasteiger charge is -2.19. The third-order valence-corrected chi connectivity index (χ3v) is 3.50. The number of rotatable bonds is 3. The minimum atomic E-state index is 0.00709. The zero-order chi connectivity index (χ0) is 14.9. The first-order chi connectivity index (χ1) is 9.32. The third-order valence-electron chi connectivity index (χ3n) is 3.26. The van der Waals surface area contributed by atoms with Crippen LogP contribution in [0.2, 0.25) is 5.02 Å². The van der Waals surface area contributed by atoms with Crippen LogP contribution >= 0.6 is 11.6 Å². The summed E-state index contributed by atoms with van der Waals surface area (Å²) >= 11 is 6.13. The van der Waals surface area contributed by atoms with Gasteiger partial charge in [-0.05, 0) is 30.3 Å². The summed E-state index contributed by atoms with van der Waals surface area (Å²) in [6.45, 7) is 7.35. The first kappa shape index (κ1) is 15.1. The summed E-state index contributed by atoms with van der Waals surface area (Å²) in [6.07, 6.45) is 2.09. The van der Waals surface area contributed by atoms with Crippen LogP contribution in [0.3, 0.4) is 0 Å². The zero-order valence-corrected chi connectivity index (χ0v) is 13.5. The summed E-state index contributed by atoms with van der Waals surface area (Å²) in [6, 6.07) is 6.05. The molecule has 0 radical (unpaired) electrons. The highest BCUT2D eigenvalue weighted by molar-refractivity contribution is 6.30. The fraction of sp³-hybridized carbons (Fsp3) is 0.438. The van der Waals surface area contributed by atoms with Crippen molar-refractivity contribution in [1.82, 2.24) is 15.1 Å². The Morgan fingerprint density at radius 2 is 1.95 bits per heavy atom. The van der Waals surface area contributed by atoms with E-state index in [-0.39, 0.29) is 5.41 Å². The summed E-state index contributed by atoms with van der Waals surface area (Å²) in [5.74, 6) is 0. The minimum absolute atomic E-state index is 0.00709. The van der Waals surface area contributed by atoms with Gasteiger partial charge in [-0.25, -0.2) is 0 Å². The van der Waals surface area contributed by atoms with E-state index in [0.29, 0.717) is 0 Å². The van der Waals surface area contributed by atoms with Gasteiger partial charge in [0.05, 0.1) is 5.69 Å². The Balaban J connectivity index is 2.62. The second-order valence-electron chi connectivity index (χ2n) is 6.15. The number of nitrogens with zero attached hydrogens (tertiary/aromatic N) is 2. The monoisotopic (exact) mass is 291 g/mol. The van der Waals surface area contributed by atoms with E-state index in [1.165, 1.54) is 16.7 Å². The van der Waals surface area contributed by atoms with E-state index in [4.69, 9.17) is 11.6 Å². The van der Waals surface area contributed by atoms with Gasteiger partial charge >= 0.3 is 0 Å². The molecule has 1 aromatic carbocycles. The van der Waals surface area contributed by atoms with Gasteiger partial charge in [-0.1, -0.05) is 38.4 Å². The van der Waals surface area contributed by atoms with E-state index in [1.54, 1.807) is 0 Å². The maximum Gasteiger partial charge on any atom is 0.0756 e. The molecule has 0 atom stereocenters. The number of aryl methyl sites for hydroxylation is 1. The molecule has 0 bridgehead atoms. The molecular weight excluding hydrogens is 270 g/mol. The fourth-order valence-corrected chi connectivity index (χ4v) is 2.60. The van der Waals surface area contributed by atoms with E-state index in [9.17, 15) is 0 Å². The second kappa shape index (κ2) is 5.58. The van der Waals surface area contributed by atoms with Crippen molar-refractivity contribution in [2.45, 2.75) is 32.7 Å². The number of benzene rings is 1. The van der Waals surface area contributed by atoms with Gasteiger partial charge in [0.1, 0.15) is 0 Å². The largest absolute Gasteiger partial charge is 0.316 e. The molecule has 0 fully saturated rings. The third kappa shape index (κ3) is 3.05. The van der Waals surface area contributed by atoms with Gasteiger partial charge < -0.3 is 5.32 Å². The number of halogens is 1. The molecule has 2 aromatic rings. The highest BCUT2D eigenvalue weighted by Crippen LogP contribution is 2.34. The Labute approximate surface area is 126 Å². The van der Waals surface area contributed by atoms with Crippen molar-refractivity contribution in [2.75, 3.05) is 7.05 Å². The van der Waals surface area contributed by atoms with Crippen LogP contribution in [0.25, 0.3) is 11.1 Å². The molecule has 0 aliphatic heterocycles. The molecule has 20 heavy (non-hydrogen) atoms. The van der Waals surface area contributed by atoms with Crippen LogP contribution in [0.15, 0.2) is 24.4 Å². The lowest BCUT2D eigenvalue weighted by Crippen LogP contribution is -2.14. The SMILES string of the molecule is CNCc1cc(Cl)ccc1-c1cn(C)nc1C(C)(C)C. The number of aromatic nitrogens is 2. The van der Waals surface area contributed by atoms with Crippen molar-refractivity contribution in [2.24, 2.45) is 7.05 Å². The van der Waals surface area contributed by atoms with Crippen molar-refractivity contribution < 1.29 is 0 Å². The molecule has 0 spiro atoms. The van der Waals surface area contributed by atoms with Crippen LogP contribution in [-0.4, -0.2) is 16.8 Å². The average Bonchev–Trinajstić information content (AvgIpc) is 2.72. The molecule has 0 amide bonds. The molecule has 0 aliphatic carbocycles. The number of hydrogen-bond acceptors (Lipinski definition) is 2. The first-order valence-electron chi connectivity index (χ1n) is 6.80. The number of hydrogen-bond donors (Lipinski definition) is 1. The molecule has 3 nitrogen and oxygen atoms in total. The Morgan fingerprint density at radius 1 is 1.25 bits per heavy atom. The molecule has 1 heterocycles. The standard InChI is InChI=1S/C16H22ClN3/c1-16(2,3)15-14(10-20(5)19-15)13-7-6-12(17)8-11(13)9-18-4/h6-8,10,18H,9H2,1-5H3. The van der Waals surface area contributed by atoms with Gasteiger partial charge in [0, 0.05) is 35.8 Å². The highest BCUT2D eigenvalue weighted by Gasteiger charge is 2.23. The van der Waals surface area contributed by atoms with Gasteiger partial charge in [0.15, 0.2) is 0 Å². The summed E-state index contributed by atoms with van der Waals surface area (Å²) in [4.78, 5) is 0. The molecule has 1 N–H and O–H groups in total. The van der Waals surface area contributed by atoms with Crippen LogP contribution in [-0.2, 0) is 19.0 Å². The summed E-state index contributed by atoms with van der Waals surface area (Å²) < 4.78 is 1.88. The highest BCUT2D eigenvalue weighted by atomic mass is 35.5. The molecule has 0 aliphatic rings.